The number of cyclic esters (lactones) is 1. The fourth-order valence-electron chi connectivity index (χ4n) is 4.67. The normalized spacial score (nSPS) is 48.5. The molecule has 94 valence electrons. The van der Waals surface area contributed by atoms with Gasteiger partial charge in [-0.1, -0.05) is 32.9 Å². The summed E-state index contributed by atoms with van der Waals surface area (Å²) >= 11 is 0. The highest BCUT2D eigenvalue weighted by Gasteiger charge is 2.63. The zero-order valence-corrected chi connectivity index (χ0v) is 11.0. The maximum absolute atomic E-state index is 12.0. The van der Waals surface area contributed by atoms with Crippen molar-refractivity contribution in [3.63, 3.8) is 0 Å². The molecule has 2 heteroatoms. The second kappa shape index (κ2) is 3.37. The highest BCUT2D eigenvalue weighted by Crippen LogP contribution is 2.65. The summed E-state index contributed by atoms with van der Waals surface area (Å²) in [4.78, 5) is 12.0. The van der Waals surface area contributed by atoms with E-state index < -0.39 is 0 Å². The number of carbonyl (C=O) groups is 1. The van der Waals surface area contributed by atoms with Gasteiger partial charge in [0.15, 0.2) is 0 Å². The van der Waals surface area contributed by atoms with Gasteiger partial charge in [0.05, 0.1) is 12.5 Å². The Bertz CT molecular complexity index is 384. The minimum atomic E-state index is -0.00692. The fraction of sp³-hybridized carbons (Fsp3) is 0.800. The first-order valence-electron chi connectivity index (χ1n) is 6.82. The van der Waals surface area contributed by atoms with Gasteiger partial charge >= 0.3 is 5.97 Å². The van der Waals surface area contributed by atoms with Crippen molar-refractivity contribution in [3.8, 4) is 0 Å². The summed E-state index contributed by atoms with van der Waals surface area (Å²) < 4.78 is 5.37. The van der Waals surface area contributed by atoms with Gasteiger partial charge in [0, 0.05) is 5.92 Å². The standard InChI is InChI=1S/C15H22O2/c1-8(2)10-5-6-15(4)9(3)12-13(10)11(15)7-17-14(12)16/h8,10-13H,3,5-7H2,1-2,4H3/t10-,11+,12+,13+,15+/m0/s1. The summed E-state index contributed by atoms with van der Waals surface area (Å²) in [5.74, 6) is 2.35. The Hall–Kier alpha value is -0.790. The topological polar surface area (TPSA) is 26.3 Å². The SMILES string of the molecule is C=C1[C@H]2C(=O)OC[C@@H]3[C@H]2[C@H](C(C)C)CC[C@]13C. The Morgan fingerprint density at radius 3 is 2.82 bits per heavy atom. The molecule has 0 aromatic rings. The van der Waals surface area contributed by atoms with E-state index in [9.17, 15) is 4.79 Å². The molecule has 1 saturated heterocycles. The average Bonchev–Trinajstić information content (AvgIpc) is 2.35. The van der Waals surface area contributed by atoms with Gasteiger partial charge in [-0.2, -0.15) is 0 Å². The van der Waals surface area contributed by atoms with E-state index in [1.54, 1.807) is 0 Å². The maximum Gasteiger partial charge on any atom is 0.313 e. The molecule has 4 bridgehead atoms. The number of rotatable bonds is 1. The third kappa shape index (κ3) is 1.24. The van der Waals surface area contributed by atoms with Crippen LogP contribution in [0.4, 0.5) is 0 Å². The van der Waals surface area contributed by atoms with Crippen LogP contribution in [-0.2, 0) is 9.53 Å². The summed E-state index contributed by atoms with van der Waals surface area (Å²) in [6, 6.07) is 0. The molecule has 0 amide bonds. The van der Waals surface area contributed by atoms with Crippen molar-refractivity contribution in [2.24, 2.45) is 35.0 Å². The van der Waals surface area contributed by atoms with Crippen molar-refractivity contribution in [2.45, 2.75) is 33.6 Å². The molecule has 3 aliphatic rings. The molecule has 17 heavy (non-hydrogen) atoms. The summed E-state index contributed by atoms with van der Waals surface area (Å²) in [6.45, 7) is 11.7. The van der Waals surface area contributed by atoms with Crippen LogP contribution in [-0.4, -0.2) is 12.6 Å². The van der Waals surface area contributed by atoms with Crippen LogP contribution in [0, 0.1) is 35.0 Å². The van der Waals surface area contributed by atoms with E-state index >= 15 is 0 Å². The first kappa shape index (κ1) is 11.3. The lowest BCUT2D eigenvalue weighted by molar-refractivity contribution is -0.161. The molecule has 5 atom stereocenters. The van der Waals surface area contributed by atoms with E-state index in [1.807, 2.05) is 0 Å². The Morgan fingerprint density at radius 2 is 2.18 bits per heavy atom. The number of hydrogen-bond acceptors (Lipinski definition) is 2. The van der Waals surface area contributed by atoms with Crippen LogP contribution in [0.2, 0.25) is 0 Å². The number of esters is 1. The van der Waals surface area contributed by atoms with Crippen molar-refractivity contribution < 1.29 is 9.53 Å². The molecule has 0 aromatic carbocycles. The minimum Gasteiger partial charge on any atom is -0.465 e. The van der Waals surface area contributed by atoms with Crippen LogP contribution in [0.1, 0.15) is 33.6 Å². The predicted octanol–water partition coefficient (Wildman–Crippen LogP) is 3.03. The van der Waals surface area contributed by atoms with Gasteiger partial charge in [0.25, 0.3) is 0 Å². The molecule has 2 aliphatic carbocycles. The first-order chi connectivity index (χ1) is 7.97. The Morgan fingerprint density at radius 1 is 1.47 bits per heavy atom. The molecule has 3 rings (SSSR count). The van der Waals surface area contributed by atoms with Crippen molar-refractivity contribution in [1.82, 2.24) is 0 Å². The van der Waals surface area contributed by atoms with E-state index in [2.05, 4.69) is 27.4 Å². The van der Waals surface area contributed by atoms with E-state index in [0.717, 1.165) is 5.57 Å². The van der Waals surface area contributed by atoms with Gasteiger partial charge < -0.3 is 4.74 Å². The molecule has 3 fully saturated rings. The van der Waals surface area contributed by atoms with Crippen LogP contribution in [0.25, 0.3) is 0 Å². The van der Waals surface area contributed by atoms with E-state index in [1.165, 1.54) is 12.8 Å². The first-order valence-corrected chi connectivity index (χ1v) is 6.82. The molecular weight excluding hydrogens is 212 g/mol. The van der Waals surface area contributed by atoms with Crippen molar-refractivity contribution in [2.75, 3.05) is 6.61 Å². The zero-order valence-electron chi connectivity index (χ0n) is 11.0. The average molecular weight is 234 g/mol. The fourth-order valence-corrected chi connectivity index (χ4v) is 4.67. The zero-order chi connectivity index (χ0) is 12.4. The number of ether oxygens (including phenoxy) is 1. The third-order valence-electron chi connectivity index (χ3n) is 5.78. The minimum absolute atomic E-state index is 0.00588. The highest BCUT2D eigenvalue weighted by molar-refractivity contribution is 5.79. The number of hydrogen-bond donors (Lipinski definition) is 0. The molecule has 1 heterocycles. The molecule has 0 aromatic heterocycles. The largest absolute Gasteiger partial charge is 0.465 e. The van der Waals surface area contributed by atoms with Crippen LogP contribution in [0.3, 0.4) is 0 Å². The molecular formula is C15H22O2. The maximum atomic E-state index is 12.0. The quantitative estimate of drug-likeness (QED) is 0.515. The van der Waals surface area contributed by atoms with E-state index in [-0.39, 0.29) is 17.3 Å². The Kier molecular flexibility index (Phi) is 2.24. The van der Waals surface area contributed by atoms with Crippen molar-refractivity contribution >= 4 is 5.97 Å². The lowest BCUT2D eigenvalue weighted by Crippen LogP contribution is -2.44. The molecule has 0 unspecified atom stereocenters. The third-order valence-corrected chi connectivity index (χ3v) is 5.78. The van der Waals surface area contributed by atoms with E-state index in [0.29, 0.717) is 30.3 Å². The smallest absolute Gasteiger partial charge is 0.313 e. The van der Waals surface area contributed by atoms with Gasteiger partial charge in [-0.15, -0.1) is 0 Å². The van der Waals surface area contributed by atoms with Gasteiger partial charge in [-0.25, -0.2) is 0 Å². The Labute approximate surface area is 103 Å². The highest BCUT2D eigenvalue weighted by atomic mass is 16.5. The molecule has 0 radical (unpaired) electrons. The molecule has 0 spiro atoms. The number of carbonyl (C=O) groups excluding carboxylic acids is 1. The monoisotopic (exact) mass is 234 g/mol. The summed E-state index contributed by atoms with van der Waals surface area (Å²) in [6.07, 6.45) is 2.43. The molecule has 0 N–H and O–H groups in total. The summed E-state index contributed by atoms with van der Waals surface area (Å²) in [5.41, 5.74) is 1.32. The van der Waals surface area contributed by atoms with Gasteiger partial charge in [0.2, 0.25) is 0 Å². The van der Waals surface area contributed by atoms with Gasteiger partial charge in [-0.05, 0) is 36.0 Å². The van der Waals surface area contributed by atoms with Gasteiger partial charge in [-0.3, -0.25) is 4.79 Å². The van der Waals surface area contributed by atoms with Crippen LogP contribution < -0.4 is 0 Å². The predicted molar refractivity (Wildman–Crippen MR) is 66.2 cm³/mol. The molecule has 2 nitrogen and oxygen atoms in total. The van der Waals surface area contributed by atoms with Crippen molar-refractivity contribution in [3.05, 3.63) is 12.2 Å². The molecule has 2 saturated carbocycles. The lowest BCUT2D eigenvalue weighted by atomic mass is 9.61. The van der Waals surface area contributed by atoms with E-state index in [4.69, 9.17) is 4.74 Å². The molecule has 1 aliphatic heterocycles. The van der Waals surface area contributed by atoms with Crippen molar-refractivity contribution in [1.29, 1.82) is 0 Å². The Balaban J connectivity index is 2.06. The lowest BCUT2D eigenvalue weighted by Gasteiger charge is -2.45. The van der Waals surface area contributed by atoms with Crippen LogP contribution >= 0.6 is 0 Å². The second-order valence-corrected chi connectivity index (χ2v) is 6.68. The second-order valence-electron chi connectivity index (χ2n) is 6.68. The van der Waals surface area contributed by atoms with Gasteiger partial charge in [0.1, 0.15) is 0 Å². The summed E-state index contributed by atoms with van der Waals surface area (Å²) in [7, 11) is 0. The summed E-state index contributed by atoms with van der Waals surface area (Å²) in [5, 5.41) is 0. The van der Waals surface area contributed by atoms with Crippen LogP contribution in [0.15, 0.2) is 12.2 Å². The van der Waals surface area contributed by atoms with Crippen LogP contribution in [0.5, 0.6) is 0 Å².